The number of para-hydroxylation sites is 1. The highest BCUT2D eigenvalue weighted by atomic mass is 35.5. The molecule has 0 spiro atoms. The van der Waals surface area contributed by atoms with Crippen LogP contribution in [0.15, 0.2) is 36.7 Å². The molecule has 18 heavy (non-hydrogen) atoms. The van der Waals surface area contributed by atoms with Crippen molar-refractivity contribution in [2.45, 2.75) is 6.18 Å². The summed E-state index contributed by atoms with van der Waals surface area (Å²) in [5.41, 5.74) is -0.954. The molecule has 0 saturated heterocycles. The highest BCUT2D eigenvalue weighted by molar-refractivity contribution is 6.67. The molecule has 0 aliphatic rings. The van der Waals surface area contributed by atoms with Crippen molar-refractivity contribution in [3.8, 4) is 5.69 Å². The molecule has 0 unspecified atom stereocenters. The van der Waals surface area contributed by atoms with Crippen LogP contribution in [0.3, 0.4) is 0 Å². The van der Waals surface area contributed by atoms with Gasteiger partial charge in [0.25, 0.3) is 5.24 Å². The Morgan fingerprint density at radius 1 is 1.28 bits per heavy atom. The third-order valence-corrected chi connectivity index (χ3v) is 2.48. The first-order valence-electron chi connectivity index (χ1n) is 4.80. The van der Waals surface area contributed by atoms with Gasteiger partial charge in [-0.25, -0.2) is 4.68 Å². The molecule has 0 saturated carbocycles. The Balaban J connectivity index is 2.53. The second-order valence-corrected chi connectivity index (χ2v) is 3.81. The number of rotatable bonds is 2. The van der Waals surface area contributed by atoms with Crippen molar-refractivity contribution in [1.82, 2.24) is 9.78 Å². The Morgan fingerprint density at radius 2 is 1.94 bits per heavy atom. The second kappa shape index (κ2) is 4.45. The first-order chi connectivity index (χ1) is 8.39. The predicted octanol–water partition coefficient (Wildman–Crippen LogP) is 3.27. The molecule has 0 radical (unpaired) electrons. The van der Waals surface area contributed by atoms with Crippen LogP contribution in [0.4, 0.5) is 13.2 Å². The van der Waals surface area contributed by atoms with Gasteiger partial charge in [-0.05, 0) is 23.7 Å². The smallest absolute Gasteiger partial charge is 0.275 e. The number of carbonyl (C=O) groups is 1. The van der Waals surface area contributed by atoms with Gasteiger partial charge in [0.1, 0.15) is 0 Å². The summed E-state index contributed by atoms with van der Waals surface area (Å²) in [4.78, 5) is 10.9. The molecule has 1 aromatic carbocycles. The van der Waals surface area contributed by atoms with E-state index in [1.807, 2.05) is 0 Å². The van der Waals surface area contributed by atoms with E-state index < -0.39 is 17.0 Å². The van der Waals surface area contributed by atoms with Crippen molar-refractivity contribution in [3.05, 3.63) is 47.8 Å². The lowest BCUT2D eigenvalue weighted by Crippen LogP contribution is -2.10. The van der Waals surface area contributed by atoms with Crippen LogP contribution in [0.2, 0.25) is 0 Å². The Hall–Kier alpha value is -1.82. The molecule has 2 rings (SSSR count). The van der Waals surface area contributed by atoms with Gasteiger partial charge in [0.15, 0.2) is 0 Å². The van der Waals surface area contributed by atoms with E-state index in [-0.39, 0.29) is 11.3 Å². The van der Waals surface area contributed by atoms with Crippen LogP contribution in [0.5, 0.6) is 0 Å². The summed E-state index contributed by atoms with van der Waals surface area (Å²) in [6.07, 6.45) is -2.23. The van der Waals surface area contributed by atoms with E-state index in [1.54, 1.807) is 0 Å². The number of alkyl halides is 3. The third-order valence-electron chi connectivity index (χ3n) is 2.27. The van der Waals surface area contributed by atoms with Crippen LogP contribution >= 0.6 is 11.6 Å². The largest absolute Gasteiger partial charge is 0.418 e. The monoisotopic (exact) mass is 274 g/mol. The molecule has 1 heterocycles. The molecule has 0 aliphatic carbocycles. The van der Waals surface area contributed by atoms with Crippen LogP contribution in [0.25, 0.3) is 5.69 Å². The van der Waals surface area contributed by atoms with Crippen LogP contribution in [-0.4, -0.2) is 15.0 Å². The standard InChI is InChI=1S/C11H6ClF3N2O/c12-10(18)7-5-16-17(6-7)9-4-2-1-3-8(9)11(13,14)15/h1-6H. The highest BCUT2D eigenvalue weighted by Gasteiger charge is 2.33. The SMILES string of the molecule is O=C(Cl)c1cnn(-c2ccccc2C(F)(F)F)c1. The molecule has 0 atom stereocenters. The number of carbonyl (C=O) groups excluding carboxylic acids is 1. The van der Waals surface area contributed by atoms with E-state index in [2.05, 4.69) is 5.10 Å². The quantitative estimate of drug-likeness (QED) is 0.788. The minimum atomic E-state index is -4.49. The number of nitrogens with zero attached hydrogens (tertiary/aromatic N) is 2. The predicted molar refractivity (Wildman–Crippen MR) is 58.7 cm³/mol. The van der Waals surface area contributed by atoms with Crippen molar-refractivity contribution in [2.75, 3.05) is 0 Å². The number of hydrogen-bond donors (Lipinski definition) is 0. The normalized spacial score (nSPS) is 11.6. The Bertz CT molecular complexity index is 592. The summed E-state index contributed by atoms with van der Waals surface area (Å²) in [6, 6.07) is 4.94. The van der Waals surface area contributed by atoms with Gasteiger partial charge in [0.2, 0.25) is 0 Å². The maximum atomic E-state index is 12.8. The molecule has 0 amide bonds. The lowest BCUT2D eigenvalue weighted by atomic mass is 10.1. The first kappa shape index (κ1) is 12.6. The fourth-order valence-corrected chi connectivity index (χ4v) is 1.57. The molecule has 2 aromatic rings. The molecule has 0 aliphatic heterocycles. The van der Waals surface area contributed by atoms with E-state index in [9.17, 15) is 18.0 Å². The topological polar surface area (TPSA) is 34.9 Å². The highest BCUT2D eigenvalue weighted by Crippen LogP contribution is 2.33. The summed E-state index contributed by atoms with van der Waals surface area (Å²) < 4.78 is 39.3. The maximum absolute atomic E-state index is 12.8. The fourth-order valence-electron chi connectivity index (χ4n) is 1.47. The van der Waals surface area contributed by atoms with Gasteiger partial charge in [-0.1, -0.05) is 12.1 Å². The van der Waals surface area contributed by atoms with Gasteiger partial charge in [-0.3, -0.25) is 4.79 Å². The van der Waals surface area contributed by atoms with Crippen molar-refractivity contribution in [3.63, 3.8) is 0 Å². The van der Waals surface area contributed by atoms with Gasteiger partial charge in [0.05, 0.1) is 23.0 Å². The Morgan fingerprint density at radius 3 is 2.50 bits per heavy atom. The van der Waals surface area contributed by atoms with Crippen molar-refractivity contribution in [1.29, 1.82) is 0 Å². The minimum Gasteiger partial charge on any atom is -0.275 e. The van der Waals surface area contributed by atoms with E-state index in [4.69, 9.17) is 11.6 Å². The summed E-state index contributed by atoms with van der Waals surface area (Å²) in [5.74, 6) is 0. The molecule has 7 heteroatoms. The zero-order valence-corrected chi connectivity index (χ0v) is 9.53. The molecule has 0 bridgehead atoms. The first-order valence-corrected chi connectivity index (χ1v) is 5.18. The zero-order chi connectivity index (χ0) is 13.3. The summed E-state index contributed by atoms with van der Waals surface area (Å²) in [7, 11) is 0. The van der Waals surface area contributed by atoms with Crippen LogP contribution in [0.1, 0.15) is 15.9 Å². The van der Waals surface area contributed by atoms with Crippen LogP contribution in [-0.2, 0) is 6.18 Å². The van der Waals surface area contributed by atoms with Gasteiger partial charge in [-0.15, -0.1) is 0 Å². The number of halogens is 4. The van der Waals surface area contributed by atoms with Crippen molar-refractivity contribution in [2.24, 2.45) is 0 Å². The average molecular weight is 275 g/mol. The number of hydrogen-bond acceptors (Lipinski definition) is 2. The number of aromatic nitrogens is 2. The maximum Gasteiger partial charge on any atom is 0.418 e. The van der Waals surface area contributed by atoms with Gasteiger partial charge in [0, 0.05) is 6.20 Å². The molecular weight excluding hydrogens is 269 g/mol. The lowest BCUT2D eigenvalue weighted by molar-refractivity contribution is -0.137. The third kappa shape index (κ3) is 2.38. The average Bonchev–Trinajstić information content (AvgIpc) is 2.77. The summed E-state index contributed by atoms with van der Waals surface area (Å²) in [6.45, 7) is 0. The van der Waals surface area contributed by atoms with E-state index in [0.29, 0.717) is 0 Å². The minimum absolute atomic E-state index is 0.0358. The Kier molecular flexibility index (Phi) is 3.13. The Labute approximate surface area is 105 Å². The van der Waals surface area contributed by atoms with E-state index in [1.165, 1.54) is 18.2 Å². The molecule has 3 nitrogen and oxygen atoms in total. The summed E-state index contributed by atoms with van der Waals surface area (Å²) in [5, 5.41) is 2.92. The van der Waals surface area contributed by atoms with E-state index in [0.717, 1.165) is 23.1 Å². The molecule has 0 fully saturated rings. The van der Waals surface area contributed by atoms with E-state index >= 15 is 0 Å². The zero-order valence-electron chi connectivity index (χ0n) is 8.78. The lowest BCUT2D eigenvalue weighted by Gasteiger charge is -2.11. The van der Waals surface area contributed by atoms with Gasteiger partial charge < -0.3 is 0 Å². The van der Waals surface area contributed by atoms with Crippen LogP contribution < -0.4 is 0 Å². The molecule has 1 aromatic heterocycles. The fraction of sp³-hybridized carbons (Fsp3) is 0.0909. The number of benzene rings is 1. The van der Waals surface area contributed by atoms with Gasteiger partial charge in [-0.2, -0.15) is 18.3 Å². The van der Waals surface area contributed by atoms with Crippen molar-refractivity contribution >= 4 is 16.8 Å². The summed E-state index contributed by atoms with van der Waals surface area (Å²) >= 11 is 5.22. The van der Waals surface area contributed by atoms with Crippen molar-refractivity contribution < 1.29 is 18.0 Å². The second-order valence-electron chi connectivity index (χ2n) is 3.46. The molecular formula is C11H6ClF3N2O. The molecule has 0 N–H and O–H groups in total. The molecule has 94 valence electrons. The van der Waals surface area contributed by atoms with Crippen LogP contribution in [0, 0.1) is 0 Å². The van der Waals surface area contributed by atoms with Gasteiger partial charge >= 0.3 is 6.18 Å².